The van der Waals surface area contributed by atoms with Gasteiger partial charge >= 0.3 is 0 Å². The molecule has 0 fully saturated rings. The van der Waals surface area contributed by atoms with Crippen molar-refractivity contribution in [3.05, 3.63) is 23.8 Å². The summed E-state index contributed by atoms with van der Waals surface area (Å²) in [6.45, 7) is 0.107. The smallest absolute Gasteiger partial charge is 0.149 e. The van der Waals surface area contributed by atoms with Crippen molar-refractivity contribution in [1.82, 2.24) is 4.98 Å². The number of pyridine rings is 1. The zero-order chi connectivity index (χ0) is 8.27. The van der Waals surface area contributed by atoms with Crippen molar-refractivity contribution in [2.45, 2.75) is 6.54 Å². The maximum Gasteiger partial charge on any atom is 0.149 e. The number of methoxy groups -OCH3 is 1. The Balaban J connectivity index is 2.99. The van der Waals surface area contributed by atoms with Gasteiger partial charge in [0.15, 0.2) is 0 Å². The largest absolute Gasteiger partial charge is 0.495 e. The molecule has 60 valence electrons. The van der Waals surface area contributed by atoms with E-state index in [4.69, 9.17) is 10.5 Å². The van der Waals surface area contributed by atoms with Crippen LogP contribution in [-0.4, -0.2) is 12.1 Å². The number of rotatable bonds is 2. The minimum atomic E-state index is -0.424. The van der Waals surface area contributed by atoms with Gasteiger partial charge in [0.2, 0.25) is 0 Å². The van der Waals surface area contributed by atoms with Gasteiger partial charge in [0, 0.05) is 12.6 Å². The molecule has 1 rings (SSSR count). The zero-order valence-electron chi connectivity index (χ0n) is 6.17. The van der Waals surface area contributed by atoms with Gasteiger partial charge in [-0.05, 0) is 0 Å². The molecule has 0 atom stereocenters. The first-order valence-electron chi connectivity index (χ1n) is 3.16. The van der Waals surface area contributed by atoms with Crippen molar-refractivity contribution >= 4 is 0 Å². The van der Waals surface area contributed by atoms with Crippen LogP contribution in [0.4, 0.5) is 4.39 Å². The topological polar surface area (TPSA) is 48.1 Å². The number of halogens is 1. The van der Waals surface area contributed by atoms with Crippen molar-refractivity contribution in [3.63, 3.8) is 0 Å². The predicted molar refractivity (Wildman–Crippen MR) is 38.6 cm³/mol. The van der Waals surface area contributed by atoms with Crippen LogP contribution in [0.1, 0.15) is 5.69 Å². The summed E-state index contributed by atoms with van der Waals surface area (Å²) in [5.41, 5.74) is 5.45. The Hall–Kier alpha value is -1.16. The Bertz CT molecular complexity index is 252. The van der Waals surface area contributed by atoms with Crippen LogP contribution in [-0.2, 0) is 6.54 Å². The molecular weight excluding hydrogens is 147 g/mol. The molecule has 0 radical (unpaired) electrons. The fourth-order valence-electron chi connectivity index (χ4n) is 0.711. The molecule has 0 aliphatic rings. The third-order valence-corrected chi connectivity index (χ3v) is 1.32. The quantitative estimate of drug-likeness (QED) is 0.685. The third-order valence-electron chi connectivity index (χ3n) is 1.32. The van der Waals surface area contributed by atoms with E-state index in [0.29, 0.717) is 5.75 Å². The summed E-state index contributed by atoms with van der Waals surface area (Å²) in [5.74, 6) is -0.0217. The molecule has 11 heavy (non-hydrogen) atoms. The summed E-state index contributed by atoms with van der Waals surface area (Å²) in [6, 6.07) is 1.26. The standard InChI is InChI=1S/C7H9FN2O/c1-11-5-2-6(8)7(3-9)10-4-5/h2,4H,3,9H2,1H3. The first-order chi connectivity index (χ1) is 5.27. The van der Waals surface area contributed by atoms with Crippen molar-refractivity contribution in [2.24, 2.45) is 5.73 Å². The van der Waals surface area contributed by atoms with Crippen LogP contribution in [0, 0.1) is 5.82 Å². The van der Waals surface area contributed by atoms with Crippen LogP contribution in [0.25, 0.3) is 0 Å². The summed E-state index contributed by atoms with van der Waals surface area (Å²) in [6.07, 6.45) is 1.44. The van der Waals surface area contributed by atoms with E-state index in [1.54, 1.807) is 0 Å². The highest BCUT2D eigenvalue weighted by atomic mass is 19.1. The molecule has 0 spiro atoms. The van der Waals surface area contributed by atoms with E-state index in [9.17, 15) is 4.39 Å². The maximum atomic E-state index is 12.8. The minimum absolute atomic E-state index is 0.107. The highest BCUT2D eigenvalue weighted by Gasteiger charge is 2.02. The molecule has 0 aliphatic carbocycles. The molecule has 0 bridgehead atoms. The number of nitrogens with zero attached hydrogens (tertiary/aromatic N) is 1. The molecule has 3 nitrogen and oxygen atoms in total. The van der Waals surface area contributed by atoms with Crippen molar-refractivity contribution in [2.75, 3.05) is 7.11 Å². The average molecular weight is 156 g/mol. The second-order valence-electron chi connectivity index (χ2n) is 2.01. The van der Waals surface area contributed by atoms with Crippen molar-refractivity contribution < 1.29 is 9.13 Å². The molecule has 0 aliphatic heterocycles. The summed E-state index contributed by atoms with van der Waals surface area (Å²) in [7, 11) is 1.46. The van der Waals surface area contributed by atoms with Gasteiger partial charge in [-0.1, -0.05) is 0 Å². The van der Waals surface area contributed by atoms with Gasteiger partial charge in [0.25, 0.3) is 0 Å². The van der Waals surface area contributed by atoms with E-state index in [-0.39, 0.29) is 12.2 Å². The number of hydrogen-bond acceptors (Lipinski definition) is 3. The van der Waals surface area contributed by atoms with Crippen LogP contribution >= 0.6 is 0 Å². The van der Waals surface area contributed by atoms with Crippen molar-refractivity contribution in [3.8, 4) is 5.75 Å². The molecule has 0 saturated heterocycles. The van der Waals surface area contributed by atoms with Crippen molar-refractivity contribution in [1.29, 1.82) is 0 Å². The van der Waals surface area contributed by atoms with Gasteiger partial charge in [-0.25, -0.2) is 4.39 Å². The van der Waals surface area contributed by atoms with Gasteiger partial charge in [0.1, 0.15) is 11.6 Å². The molecule has 1 aromatic rings. The second-order valence-corrected chi connectivity index (χ2v) is 2.01. The molecule has 1 heterocycles. The summed E-state index contributed by atoms with van der Waals surface area (Å²) in [4.78, 5) is 3.74. The molecular formula is C7H9FN2O. The molecule has 0 unspecified atom stereocenters. The number of ether oxygens (including phenoxy) is 1. The van der Waals surface area contributed by atoms with Crippen LogP contribution in [0.15, 0.2) is 12.3 Å². The highest BCUT2D eigenvalue weighted by Crippen LogP contribution is 2.12. The Morgan fingerprint density at radius 2 is 2.45 bits per heavy atom. The molecule has 0 saturated carbocycles. The Morgan fingerprint density at radius 3 is 2.91 bits per heavy atom. The second kappa shape index (κ2) is 3.30. The Morgan fingerprint density at radius 1 is 1.73 bits per heavy atom. The van der Waals surface area contributed by atoms with Gasteiger partial charge in [0.05, 0.1) is 19.0 Å². The van der Waals surface area contributed by atoms with E-state index in [1.807, 2.05) is 0 Å². The number of nitrogens with two attached hydrogens (primary N) is 1. The van der Waals surface area contributed by atoms with Crippen LogP contribution in [0.3, 0.4) is 0 Å². The van der Waals surface area contributed by atoms with Gasteiger partial charge in [-0.3, -0.25) is 4.98 Å². The third kappa shape index (κ3) is 1.65. The van der Waals surface area contributed by atoms with E-state index >= 15 is 0 Å². The summed E-state index contributed by atoms with van der Waals surface area (Å²) in [5, 5.41) is 0. The molecule has 1 aromatic heterocycles. The van der Waals surface area contributed by atoms with Gasteiger partial charge in [-0.15, -0.1) is 0 Å². The lowest BCUT2D eigenvalue weighted by molar-refractivity contribution is 0.407. The fraction of sp³-hybridized carbons (Fsp3) is 0.286. The zero-order valence-corrected chi connectivity index (χ0v) is 6.17. The first-order valence-corrected chi connectivity index (χ1v) is 3.16. The van der Waals surface area contributed by atoms with E-state index in [1.165, 1.54) is 19.4 Å². The minimum Gasteiger partial charge on any atom is -0.495 e. The van der Waals surface area contributed by atoms with Gasteiger partial charge < -0.3 is 10.5 Å². The van der Waals surface area contributed by atoms with Crippen LogP contribution in [0.5, 0.6) is 5.75 Å². The number of aromatic nitrogens is 1. The van der Waals surface area contributed by atoms with E-state index < -0.39 is 5.82 Å². The lowest BCUT2D eigenvalue weighted by Crippen LogP contribution is -2.02. The Kier molecular flexibility index (Phi) is 2.38. The highest BCUT2D eigenvalue weighted by molar-refractivity contribution is 5.21. The summed E-state index contributed by atoms with van der Waals surface area (Å²) < 4.78 is 17.6. The Labute approximate surface area is 64.0 Å². The normalized spacial score (nSPS) is 9.73. The van der Waals surface area contributed by atoms with Crippen LogP contribution in [0.2, 0.25) is 0 Å². The van der Waals surface area contributed by atoms with Crippen LogP contribution < -0.4 is 10.5 Å². The monoisotopic (exact) mass is 156 g/mol. The lowest BCUT2D eigenvalue weighted by Gasteiger charge is -2.01. The molecule has 2 N–H and O–H groups in total. The summed E-state index contributed by atoms with van der Waals surface area (Å²) >= 11 is 0. The molecule has 4 heteroatoms. The maximum absolute atomic E-state index is 12.8. The molecule has 0 aromatic carbocycles. The van der Waals surface area contributed by atoms with E-state index in [0.717, 1.165) is 0 Å². The average Bonchev–Trinajstić information content (AvgIpc) is 2.04. The lowest BCUT2D eigenvalue weighted by atomic mass is 10.3. The van der Waals surface area contributed by atoms with Gasteiger partial charge in [-0.2, -0.15) is 0 Å². The fourth-order valence-corrected chi connectivity index (χ4v) is 0.711. The molecule has 0 amide bonds. The first kappa shape index (κ1) is 7.94. The predicted octanol–water partition coefficient (Wildman–Crippen LogP) is 0.688. The number of hydrogen-bond donors (Lipinski definition) is 1. The van der Waals surface area contributed by atoms with E-state index in [2.05, 4.69) is 4.98 Å². The SMILES string of the molecule is COc1cnc(CN)c(F)c1.